The largest absolute Gasteiger partial charge is 0.382 e. The van der Waals surface area contributed by atoms with E-state index in [9.17, 15) is 4.79 Å². The molecule has 0 aliphatic heterocycles. The van der Waals surface area contributed by atoms with E-state index in [-0.39, 0.29) is 5.91 Å². The summed E-state index contributed by atoms with van der Waals surface area (Å²) in [5.41, 5.74) is 0. The van der Waals surface area contributed by atoms with Gasteiger partial charge in [-0.2, -0.15) is 0 Å². The third-order valence-electron chi connectivity index (χ3n) is 1.54. The highest BCUT2D eigenvalue weighted by Crippen LogP contribution is 1.82. The summed E-state index contributed by atoms with van der Waals surface area (Å²) in [6.07, 6.45) is 1.40. The molecule has 4 nitrogen and oxygen atoms in total. The normalized spacial score (nSPS) is 10.0. The Kier molecular flexibility index (Phi) is 9.03. The van der Waals surface area contributed by atoms with E-state index in [2.05, 4.69) is 5.32 Å². The molecule has 1 amide bonds. The van der Waals surface area contributed by atoms with Gasteiger partial charge in [0.05, 0.1) is 13.2 Å². The van der Waals surface area contributed by atoms with E-state index >= 15 is 0 Å². The molecule has 0 aromatic carbocycles. The van der Waals surface area contributed by atoms with E-state index < -0.39 is 0 Å². The second-order valence-electron chi connectivity index (χ2n) is 2.66. The Morgan fingerprint density at radius 1 is 1.31 bits per heavy atom. The Labute approximate surface area is 79.6 Å². The number of nitrogens with one attached hydrogen (secondary N) is 1. The molecule has 0 heterocycles. The maximum Gasteiger partial charge on any atom is 0.219 e. The van der Waals surface area contributed by atoms with Crippen molar-refractivity contribution in [3.05, 3.63) is 0 Å². The monoisotopic (exact) mass is 189 g/mol. The molecule has 0 fully saturated rings. The minimum atomic E-state index is 0.0943. The molecule has 0 aromatic rings. The maximum absolute atomic E-state index is 10.8. The summed E-state index contributed by atoms with van der Waals surface area (Å²) < 4.78 is 10.0. The van der Waals surface area contributed by atoms with E-state index in [0.29, 0.717) is 32.8 Å². The molecular formula is C9H19NO3. The Bertz CT molecular complexity index is 128. The molecular weight excluding hydrogens is 170 g/mol. The van der Waals surface area contributed by atoms with Crippen LogP contribution in [-0.2, 0) is 14.3 Å². The van der Waals surface area contributed by atoms with Gasteiger partial charge < -0.3 is 14.8 Å². The third kappa shape index (κ3) is 9.30. The van der Waals surface area contributed by atoms with Crippen LogP contribution in [0.1, 0.15) is 19.8 Å². The van der Waals surface area contributed by atoms with E-state index in [4.69, 9.17) is 9.47 Å². The first kappa shape index (κ1) is 12.4. The lowest BCUT2D eigenvalue weighted by Crippen LogP contribution is -2.24. The first-order chi connectivity index (χ1) is 6.31. The molecule has 13 heavy (non-hydrogen) atoms. The quantitative estimate of drug-likeness (QED) is 0.568. The van der Waals surface area contributed by atoms with Gasteiger partial charge >= 0.3 is 0 Å². The molecule has 0 bridgehead atoms. The van der Waals surface area contributed by atoms with Crippen LogP contribution in [0.2, 0.25) is 0 Å². The van der Waals surface area contributed by atoms with E-state index in [1.165, 1.54) is 0 Å². The molecule has 0 radical (unpaired) electrons. The van der Waals surface area contributed by atoms with Crippen LogP contribution in [0.25, 0.3) is 0 Å². The summed E-state index contributed by atoms with van der Waals surface area (Å²) >= 11 is 0. The molecule has 0 aliphatic carbocycles. The molecule has 0 saturated carbocycles. The molecule has 4 heteroatoms. The Morgan fingerprint density at radius 2 is 2.08 bits per heavy atom. The SMILES string of the molecule is CCC(=O)NCCCOCCOC. The van der Waals surface area contributed by atoms with Gasteiger partial charge in [0.15, 0.2) is 0 Å². The van der Waals surface area contributed by atoms with Crippen molar-refractivity contribution >= 4 is 5.91 Å². The van der Waals surface area contributed by atoms with Crippen LogP contribution in [0, 0.1) is 0 Å². The number of amides is 1. The second-order valence-corrected chi connectivity index (χ2v) is 2.66. The standard InChI is InChI=1S/C9H19NO3/c1-3-9(11)10-5-4-6-13-8-7-12-2/h3-8H2,1-2H3,(H,10,11). The summed E-state index contributed by atoms with van der Waals surface area (Å²) in [6.45, 7) is 4.46. The van der Waals surface area contributed by atoms with Crippen LogP contribution in [0.4, 0.5) is 0 Å². The van der Waals surface area contributed by atoms with Gasteiger partial charge in [-0.05, 0) is 6.42 Å². The van der Waals surface area contributed by atoms with Crippen LogP contribution in [0.3, 0.4) is 0 Å². The van der Waals surface area contributed by atoms with Crippen LogP contribution in [0.15, 0.2) is 0 Å². The van der Waals surface area contributed by atoms with Crippen molar-refractivity contribution in [2.24, 2.45) is 0 Å². The van der Waals surface area contributed by atoms with Crippen molar-refractivity contribution in [1.82, 2.24) is 5.32 Å². The highest BCUT2D eigenvalue weighted by Gasteiger charge is 1.94. The van der Waals surface area contributed by atoms with Crippen molar-refractivity contribution in [3.63, 3.8) is 0 Å². The van der Waals surface area contributed by atoms with Crippen LogP contribution in [0.5, 0.6) is 0 Å². The summed E-state index contributed by atoms with van der Waals surface area (Å²) in [4.78, 5) is 10.8. The molecule has 0 atom stereocenters. The lowest BCUT2D eigenvalue weighted by molar-refractivity contribution is -0.120. The zero-order chi connectivity index (χ0) is 9.94. The lowest BCUT2D eigenvalue weighted by Gasteiger charge is -2.04. The molecule has 0 saturated heterocycles. The predicted molar refractivity (Wildman–Crippen MR) is 50.6 cm³/mol. The highest BCUT2D eigenvalue weighted by molar-refractivity contribution is 5.75. The molecule has 78 valence electrons. The molecule has 1 N–H and O–H groups in total. The zero-order valence-corrected chi connectivity index (χ0v) is 8.47. The fourth-order valence-corrected chi connectivity index (χ4v) is 0.771. The molecule has 0 spiro atoms. The number of carbonyl (C=O) groups excluding carboxylic acids is 1. The van der Waals surface area contributed by atoms with Crippen molar-refractivity contribution in [3.8, 4) is 0 Å². The van der Waals surface area contributed by atoms with Gasteiger partial charge in [-0.15, -0.1) is 0 Å². The first-order valence-corrected chi connectivity index (χ1v) is 4.64. The van der Waals surface area contributed by atoms with Gasteiger partial charge in [-0.1, -0.05) is 6.92 Å². The minimum Gasteiger partial charge on any atom is -0.382 e. The minimum absolute atomic E-state index is 0.0943. The maximum atomic E-state index is 10.8. The van der Waals surface area contributed by atoms with Gasteiger partial charge in [0.1, 0.15) is 0 Å². The van der Waals surface area contributed by atoms with Crippen LogP contribution in [-0.4, -0.2) is 39.4 Å². The fourth-order valence-electron chi connectivity index (χ4n) is 0.771. The van der Waals surface area contributed by atoms with E-state index in [1.54, 1.807) is 7.11 Å². The predicted octanol–water partition coefficient (Wildman–Crippen LogP) is 0.566. The molecule has 0 aromatic heterocycles. The van der Waals surface area contributed by atoms with Gasteiger partial charge in [0.25, 0.3) is 0 Å². The molecule has 0 aliphatic rings. The average molecular weight is 189 g/mol. The number of ether oxygens (including phenoxy) is 2. The lowest BCUT2D eigenvalue weighted by atomic mass is 10.4. The second kappa shape index (κ2) is 9.48. The van der Waals surface area contributed by atoms with Crippen molar-refractivity contribution < 1.29 is 14.3 Å². The summed E-state index contributed by atoms with van der Waals surface area (Å²) in [6, 6.07) is 0. The number of hydrogen-bond acceptors (Lipinski definition) is 3. The van der Waals surface area contributed by atoms with Gasteiger partial charge in [0, 0.05) is 26.7 Å². The molecule has 0 rings (SSSR count). The molecule has 0 unspecified atom stereocenters. The van der Waals surface area contributed by atoms with Gasteiger partial charge in [-0.3, -0.25) is 4.79 Å². The Hall–Kier alpha value is -0.610. The van der Waals surface area contributed by atoms with Crippen LogP contribution >= 0.6 is 0 Å². The number of hydrogen-bond donors (Lipinski definition) is 1. The van der Waals surface area contributed by atoms with Gasteiger partial charge in [0.2, 0.25) is 5.91 Å². The van der Waals surface area contributed by atoms with Gasteiger partial charge in [-0.25, -0.2) is 0 Å². The van der Waals surface area contributed by atoms with Crippen molar-refractivity contribution in [1.29, 1.82) is 0 Å². The summed E-state index contributed by atoms with van der Waals surface area (Å²) in [7, 11) is 1.64. The number of rotatable bonds is 8. The Morgan fingerprint density at radius 3 is 2.69 bits per heavy atom. The number of carbonyl (C=O) groups is 1. The third-order valence-corrected chi connectivity index (χ3v) is 1.54. The Balaban J connectivity index is 2.95. The topological polar surface area (TPSA) is 47.6 Å². The average Bonchev–Trinajstić information content (AvgIpc) is 2.16. The van der Waals surface area contributed by atoms with E-state index in [1.807, 2.05) is 6.92 Å². The van der Waals surface area contributed by atoms with Crippen molar-refractivity contribution in [2.45, 2.75) is 19.8 Å². The first-order valence-electron chi connectivity index (χ1n) is 4.64. The van der Waals surface area contributed by atoms with Crippen LogP contribution < -0.4 is 5.32 Å². The summed E-state index contributed by atoms with van der Waals surface area (Å²) in [5, 5.41) is 2.77. The number of methoxy groups -OCH3 is 1. The fraction of sp³-hybridized carbons (Fsp3) is 0.889. The smallest absolute Gasteiger partial charge is 0.219 e. The van der Waals surface area contributed by atoms with E-state index in [0.717, 1.165) is 6.42 Å². The zero-order valence-electron chi connectivity index (χ0n) is 8.47. The highest BCUT2D eigenvalue weighted by atomic mass is 16.5. The van der Waals surface area contributed by atoms with Crippen molar-refractivity contribution in [2.75, 3.05) is 33.5 Å². The summed E-state index contributed by atoms with van der Waals surface area (Å²) in [5.74, 6) is 0.0943.